The highest BCUT2D eigenvalue weighted by molar-refractivity contribution is 6.05. The van der Waals surface area contributed by atoms with E-state index in [-0.39, 0.29) is 5.91 Å². The number of likely N-dealkylation sites (tertiary alicyclic amines) is 1. The number of para-hydroxylation sites is 1. The monoisotopic (exact) mass is 271 g/mol. The fourth-order valence-electron chi connectivity index (χ4n) is 3.05. The number of rotatable bonds is 3. The molecule has 106 valence electrons. The Morgan fingerprint density at radius 1 is 1.45 bits per heavy atom. The summed E-state index contributed by atoms with van der Waals surface area (Å²) in [6.07, 6.45) is 4.30. The zero-order chi connectivity index (χ0) is 13.9. The van der Waals surface area contributed by atoms with E-state index in [2.05, 4.69) is 22.2 Å². The van der Waals surface area contributed by atoms with Crippen molar-refractivity contribution in [2.45, 2.75) is 12.8 Å². The van der Waals surface area contributed by atoms with Crippen LogP contribution in [0.2, 0.25) is 0 Å². The number of carbonyl (C=O) groups excluding carboxylic acids is 1. The number of fused-ring (bicyclic) bond motifs is 1. The molecule has 0 bridgehead atoms. The van der Waals surface area contributed by atoms with Gasteiger partial charge in [-0.05, 0) is 44.5 Å². The number of nitrogens with zero attached hydrogens (tertiary/aromatic N) is 1. The van der Waals surface area contributed by atoms with Crippen molar-refractivity contribution in [2.24, 2.45) is 5.92 Å². The number of H-pyrrole nitrogens is 1. The van der Waals surface area contributed by atoms with E-state index in [4.69, 9.17) is 0 Å². The van der Waals surface area contributed by atoms with Crippen molar-refractivity contribution in [3.63, 3.8) is 0 Å². The first-order chi connectivity index (χ1) is 9.74. The second kappa shape index (κ2) is 5.67. The highest BCUT2D eigenvalue weighted by Gasteiger charge is 2.18. The third-order valence-electron chi connectivity index (χ3n) is 4.11. The number of hydrogen-bond acceptors (Lipinski definition) is 2. The van der Waals surface area contributed by atoms with Gasteiger partial charge in [-0.1, -0.05) is 12.1 Å². The molecule has 0 aliphatic carbocycles. The molecule has 1 atom stereocenters. The average Bonchev–Trinajstić information content (AvgIpc) is 2.93. The molecule has 4 nitrogen and oxygen atoms in total. The number of nitrogens with one attached hydrogen (secondary N) is 2. The van der Waals surface area contributed by atoms with Crippen LogP contribution in [0.5, 0.6) is 0 Å². The molecule has 0 spiro atoms. The maximum absolute atomic E-state index is 12.3. The van der Waals surface area contributed by atoms with Gasteiger partial charge in [-0.15, -0.1) is 0 Å². The zero-order valence-corrected chi connectivity index (χ0v) is 11.9. The maximum atomic E-state index is 12.3. The summed E-state index contributed by atoms with van der Waals surface area (Å²) in [5.74, 6) is 0.590. The van der Waals surface area contributed by atoms with Crippen molar-refractivity contribution in [3.8, 4) is 0 Å². The Balaban J connectivity index is 1.66. The third-order valence-corrected chi connectivity index (χ3v) is 4.11. The van der Waals surface area contributed by atoms with Gasteiger partial charge in [-0.2, -0.15) is 0 Å². The Morgan fingerprint density at radius 2 is 2.35 bits per heavy atom. The summed E-state index contributed by atoms with van der Waals surface area (Å²) in [7, 11) is 2.15. The van der Waals surface area contributed by atoms with Crippen LogP contribution in [0, 0.1) is 5.92 Å². The Morgan fingerprint density at radius 3 is 3.20 bits per heavy atom. The van der Waals surface area contributed by atoms with Gasteiger partial charge in [0.25, 0.3) is 5.91 Å². The molecule has 1 fully saturated rings. The average molecular weight is 271 g/mol. The first kappa shape index (κ1) is 13.2. The highest BCUT2D eigenvalue weighted by Crippen LogP contribution is 2.18. The molecule has 2 heterocycles. The van der Waals surface area contributed by atoms with Crippen molar-refractivity contribution >= 4 is 16.8 Å². The molecule has 1 aliphatic heterocycles. The minimum absolute atomic E-state index is 0.0197. The molecule has 0 saturated carbocycles. The Hall–Kier alpha value is -1.81. The van der Waals surface area contributed by atoms with Crippen LogP contribution in [0.4, 0.5) is 0 Å². The predicted molar refractivity (Wildman–Crippen MR) is 80.9 cm³/mol. The number of amides is 1. The summed E-state index contributed by atoms with van der Waals surface area (Å²) >= 11 is 0. The van der Waals surface area contributed by atoms with Gasteiger partial charge in [0, 0.05) is 24.7 Å². The van der Waals surface area contributed by atoms with Crippen LogP contribution < -0.4 is 5.32 Å². The lowest BCUT2D eigenvalue weighted by Crippen LogP contribution is -2.39. The molecule has 1 unspecified atom stereocenters. The normalized spacial score (nSPS) is 20.1. The Labute approximate surface area is 119 Å². The van der Waals surface area contributed by atoms with Gasteiger partial charge in [-0.25, -0.2) is 0 Å². The van der Waals surface area contributed by atoms with E-state index in [0.29, 0.717) is 5.92 Å². The maximum Gasteiger partial charge on any atom is 0.253 e. The summed E-state index contributed by atoms with van der Waals surface area (Å²) in [6.45, 7) is 3.01. The van der Waals surface area contributed by atoms with Gasteiger partial charge in [0.15, 0.2) is 0 Å². The van der Waals surface area contributed by atoms with E-state index in [9.17, 15) is 4.79 Å². The summed E-state index contributed by atoms with van der Waals surface area (Å²) in [5.41, 5.74) is 1.66. The molecule has 1 aromatic carbocycles. The molecule has 2 N–H and O–H groups in total. The minimum atomic E-state index is 0.0197. The number of piperidine rings is 1. The van der Waals surface area contributed by atoms with Gasteiger partial charge >= 0.3 is 0 Å². The molecular formula is C16H21N3O. The molecule has 3 rings (SSSR count). The molecular weight excluding hydrogens is 250 g/mol. The second-order valence-electron chi connectivity index (χ2n) is 5.73. The lowest BCUT2D eigenvalue weighted by Gasteiger charge is -2.29. The summed E-state index contributed by atoms with van der Waals surface area (Å²) in [5, 5.41) is 4.16. The molecule has 2 aromatic rings. The largest absolute Gasteiger partial charge is 0.361 e. The molecule has 1 aliphatic rings. The molecule has 20 heavy (non-hydrogen) atoms. The van der Waals surface area contributed by atoms with Gasteiger partial charge in [-0.3, -0.25) is 4.79 Å². The quantitative estimate of drug-likeness (QED) is 0.899. The van der Waals surface area contributed by atoms with Crippen molar-refractivity contribution in [3.05, 3.63) is 36.0 Å². The summed E-state index contributed by atoms with van der Waals surface area (Å²) in [4.78, 5) is 17.8. The van der Waals surface area contributed by atoms with Crippen LogP contribution in [-0.4, -0.2) is 42.5 Å². The van der Waals surface area contributed by atoms with Crippen LogP contribution in [0.3, 0.4) is 0 Å². The first-order valence-electron chi connectivity index (χ1n) is 7.27. The number of aromatic amines is 1. The standard InChI is InChI=1S/C16H21N3O/c1-19-9-3-4-12(11-19)10-18-16(20)14-6-2-5-13-7-8-17-15(13)14/h2,5-8,12,17H,3-4,9-11H2,1H3,(H,18,20). The highest BCUT2D eigenvalue weighted by atomic mass is 16.1. The van der Waals surface area contributed by atoms with Crippen LogP contribution in [0.15, 0.2) is 30.5 Å². The van der Waals surface area contributed by atoms with Crippen LogP contribution >= 0.6 is 0 Å². The lowest BCUT2D eigenvalue weighted by molar-refractivity contribution is 0.0938. The molecule has 1 aromatic heterocycles. The van der Waals surface area contributed by atoms with Crippen molar-refractivity contribution in [2.75, 3.05) is 26.7 Å². The first-order valence-corrected chi connectivity index (χ1v) is 7.27. The Kier molecular flexibility index (Phi) is 3.74. The molecule has 4 heteroatoms. The van der Waals surface area contributed by atoms with Gasteiger partial charge < -0.3 is 15.2 Å². The van der Waals surface area contributed by atoms with Gasteiger partial charge in [0.1, 0.15) is 0 Å². The number of carbonyl (C=O) groups is 1. The van der Waals surface area contributed by atoms with E-state index in [1.165, 1.54) is 19.4 Å². The van der Waals surface area contributed by atoms with Crippen LogP contribution in [0.1, 0.15) is 23.2 Å². The molecule has 1 amide bonds. The van der Waals surface area contributed by atoms with Gasteiger partial charge in [0.05, 0.1) is 11.1 Å². The van der Waals surface area contributed by atoms with E-state index >= 15 is 0 Å². The van der Waals surface area contributed by atoms with E-state index < -0.39 is 0 Å². The van der Waals surface area contributed by atoms with E-state index in [1.54, 1.807) is 0 Å². The predicted octanol–water partition coefficient (Wildman–Crippen LogP) is 2.24. The topological polar surface area (TPSA) is 48.1 Å². The van der Waals surface area contributed by atoms with Crippen molar-refractivity contribution in [1.82, 2.24) is 15.2 Å². The smallest absolute Gasteiger partial charge is 0.253 e. The number of benzene rings is 1. The number of aromatic nitrogens is 1. The van der Waals surface area contributed by atoms with E-state index in [1.807, 2.05) is 30.5 Å². The summed E-state index contributed by atoms with van der Waals surface area (Å²) < 4.78 is 0. The van der Waals surface area contributed by atoms with Gasteiger partial charge in [0.2, 0.25) is 0 Å². The van der Waals surface area contributed by atoms with Crippen LogP contribution in [0.25, 0.3) is 10.9 Å². The van der Waals surface area contributed by atoms with Crippen molar-refractivity contribution < 1.29 is 4.79 Å². The minimum Gasteiger partial charge on any atom is -0.361 e. The fraction of sp³-hybridized carbons (Fsp3) is 0.438. The lowest BCUT2D eigenvalue weighted by atomic mass is 9.98. The van der Waals surface area contributed by atoms with E-state index in [0.717, 1.165) is 29.6 Å². The summed E-state index contributed by atoms with van der Waals surface area (Å²) in [6, 6.07) is 7.81. The SMILES string of the molecule is CN1CCCC(CNC(=O)c2cccc3cc[nH]c23)C1. The molecule has 0 radical (unpaired) electrons. The third kappa shape index (κ3) is 2.70. The Bertz CT molecular complexity index is 605. The second-order valence-corrected chi connectivity index (χ2v) is 5.73. The molecule has 1 saturated heterocycles. The zero-order valence-electron chi connectivity index (χ0n) is 11.9. The fourth-order valence-corrected chi connectivity index (χ4v) is 3.05. The van der Waals surface area contributed by atoms with Crippen molar-refractivity contribution in [1.29, 1.82) is 0 Å². The van der Waals surface area contributed by atoms with Crippen LogP contribution in [-0.2, 0) is 0 Å². The number of hydrogen-bond donors (Lipinski definition) is 2.